The zero-order chi connectivity index (χ0) is 18.4. The summed E-state index contributed by atoms with van der Waals surface area (Å²) >= 11 is 3.17. The fraction of sp³-hybridized carbons (Fsp3) is 0.650. The van der Waals surface area contributed by atoms with E-state index >= 15 is 0 Å². The fourth-order valence-electron chi connectivity index (χ4n) is 5.79. The maximum atomic E-state index is 12.7. The van der Waals surface area contributed by atoms with E-state index in [4.69, 9.17) is 0 Å². The lowest BCUT2D eigenvalue weighted by atomic mass is 9.54. The molecule has 4 fully saturated rings. The summed E-state index contributed by atoms with van der Waals surface area (Å²) in [5, 5.41) is 15.0. The minimum Gasteiger partial charge on any atom is -0.352 e. The van der Waals surface area contributed by atoms with Crippen molar-refractivity contribution in [3.8, 4) is 10.7 Å². The molecule has 2 heterocycles. The second-order valence-corrected chi connectivity index (χ2v) is 10.2. The van der Waals surface area contributed by atoms with Crippen LogP contribution in [0.15, 0.2) is 22.7 Å². The number of thiophene rings is 1. The first kappa shape index (κ1) is 17.7. The van der Waals surface area contributed by atoms with Crippen molar-refractivity contribution < 1.29 is 4.79 Å². The smallest absolute Gasteiger partial charge is 0.230 e. The van der Waals surface area contributed by atoms with Crippen molar-refractivity contribution in [2.75, 3.05) is 5.75 Å². The van der Waals surface area contributed by atoms with Gasteiger partial charge >= 0.3 is 0 Å². The van der Waals surface area contributed by atoms with Gasteiger partial charge in [-0.3, -0.25) is 4.79 Å². The van der Waals surface area contributed by atoms with E-state index in [0.29, 0.717) is 11.8 Å². The summed E-state index contributed by atoms with van der Waals surface area (Å²) in [4.78, 5) is 13.8. The second-order valence-electron chi connectivity index (χ2n) is 8.34. The topological polar surface area (TPSA) is 59.8 Å². The molecule has 0 unspecified atom stereocenters. The highest BCUT2D eigenvalue weighted by molar-refractivity contribution is 7.99. The molecule has 0 radical (unpaired) electrons. The lowest BCUT2D eigenvalue weighted by Crippen LogP contribution is -2.56. The highest BCUT2D eigenvalue weighted by Crippen LogP contribution is 2.53. The van der Waals surface area contributed by atoms with Gasteiger partial charge in [0, 0.05) is 12.6 Å². The third kappa shape index (κ3) is 3.33. The number of thioether (sulfide) groups is 1. The van der Waals surface area contributed by atoms with Gasteiger partial charge in [0.25, 0.3) is 0 Å². The van der Waals surface area contributed by atoms with E-state index in [-0.39, 0.29) is 5.91 Å². The number of amides is 1. The number of hydrogen-bond acceptors (Lipinski definition) is 5. The van der Waals surface area contributed by atoms with Crippen molar-refractivity contribution in [2.24, 2.45) is 23.7 Å². The van der Waals surface area contributed by atoms with Gasteiger partial charge in [0.2, 0.25) is 5.91 Å². The van der Waals surface area contributed by atoms with E-state index in [1.54, 1.807) is 11.3 Å². The maximum Gasteiger partial charge on any atom is 0.230 e. The number of carbonyl (C=O) groups excluding carboxylic acids is 1. The molecule has 144 valence electrons. The molecule has 0 aromatic carbocycles. The van der Waals surface area contributed by atoms with Crippen LogP contribution in [0.3, 0.4) is 0 Å². The molecule has 0 aliphatic heterocycles. The van der Waals surface area contributed by atoms with Crippen molar-refractivity contribution in [3.63, 3.8) is 0 Å². The van der Waals surface area contributed by atoms with Gasteiger partial charge in [0.1, 0.15) is 0 Å². The Hall–Kier alpha value is -1.34. The zero-order valence-electron chi connectivity index (χ0n) is 15.6. The van der Waals surface area contributed by atoms with E-state index in [0.717, 1.165) is 46.1 Å². The predicted molar refractivity (Wildman–Crippen MR) is 109 cm³/mol. The van der Waals surface area contributed by atoms with Crippen LogP contribution < -0.4 is 5.32 Å². The molecule has 2 aromatic heterocycles. The van der Waals surface area contributed by atoms with Gasteiger partial charge in [-0.25, -0.2) is 0 Å². The van der Waals surface area contributed by atoms with Gasteiger partial charge in [0.15, 0.2) is 11.0 Å². The minimum atomic E-state index is 0.154. The largest absolute Gasteiger partial charge is 0.352 e. The van der Waals surface area contributed by atoms with E-state index in [1.165, 1.54) is 43.9 Å². The molecule has 1 N–H and O–H groups in total. The first-order chi connectivity index (χ1) is 13.2. The average molecular weight is 403 g/mol. The molecule has 4 bridgehead atoms. The van der Waals surface area contributed by atoms with E-state index in [1.807, 2.05) is 6.07 Å². The molecule has 4 aliphatic rings. The summed E-state index contributed by atoms with van der Waals surface area (Å²) in [6.07, 6.45) is 6.78. The molecule has 0 saturated heterocycles. The third-order valence-electron chi connectivity index (χ3n) is 6.66. The molecule has 6 rings (SSSR count). The number of nitrogens with one attached hydrogen (secondary N) is 1. The Balaban J connectivity index is 1.21. The highest BCUT2D eigenvalue weighted by Gasteiger charge is 2.48. The molecule has 4 saturated carbocycles. The van der Waals surface area contributed by atoms with Crippen molar-refractivity contribution in [3.05, 3.63) is 17.5 Å². The van der Waals surface area contributed by atoms with Crippen molar-refractivity contribution >= 4 is 29.0 Å². The SMILES string of the molecule is CCn1c(SCC(=O)NC2C3CC4CC(C3)CC2C4)nnc1-c1cccs1. The summed E-state index contributed by atoms with van der Waals surface area (Å²) in [5.74, 6) is 4.80. The molecular weight excluding hydrogens is 376 g/mol. The Morgan fingerprint density at radius 1 is 1.22 bits per heavy atom. The second kappa shape index (κ2) is 7.24. The summed E-state index contributed by atoms with van der Waals surface area (Å²) in [7, 11) is 0. The Bertz CT molecular complexity index is 788. The van der Waals surface area contributed by atoms with Crippen LogP contribution in [0, 0.1) is 23.7 Å². The van der Waals surface area contributed by atoms with Crippen LogP contribution in [0.2, 0.25) is 0 Å². The van der Waals surface area contributed by atoms with Crippen molar-refractivity contribution in [1.82, 2.24) is 20.1 Å². The van der Waals surface area contributed by atoms with Crippen molar-refractivity contribution in [1.29, 1.82) is 0 Å². The predicted octanol–water partition coefficient (Wildman–Crippen LogP) is 4.06. The Labute approximate surface area is 168 Å². The third-order valence-corrected chi connectivity index (χ3v) is 8.49. The van der Waals surface area contributed by atoms with Crippen LogP contribution in [0.25, 0.3) is 10.7 Å². The fourth-order valence-corrected chi connectivity index (χ4v) is 7.32. The molecule has 4 aliphatic carbocycles. The van der Waals surface area contributed by atoms with Crippen LogP contribution in [0.1, 0.15) is 39.0 Å². The first-order valence-electron chi connectivity index (χ1n) is 10.1. The summed E-state index contributed by atoms with van der Waals surface area (Å²) < 4.78 is 2.10. The number of aromatic nitrogens is 3. The normalized spacial score (nSPS) is 31.4. The lowest BCUT2D eigenvalue weighted by molar-refractivity contribution is -0.122. The Kier molecular flexibility index (Phi) is 4.76. The standard InChI is InChI=1S/C20H26N4OS2/c1-2-24-19(16-4-3-5-26-16)22-23-20(24)27-11-17(25)21-18-14-7-12-6-13(9-14)10-15(18)8-12/h3-5,12-15,18H,2,6-11H2,1H3,(H,21,25). The quantitative estimate of drug-likeness (QED) is 0.740. The van der Waals surface area contributed by atoms with Gasteiger partial charge in [-0.2, -0.15) is 0 Å². The van der Waals surface area contributed by atoms with Crippen LogP contribution >= 0.6 is 23.1 Å². The van der Waals surface area contributed by atoms with Gasteiger partial charge in [-0.05, 0) is 74.1 Å². The van der Waals surface area contributed by atoms with Gasteiger partial charge in [0.05, 0.1) is 10.6 Å². The summed E-state index contributed by atoms with van der Waals surface area (Å²) in [5.41, 5.74) is 0. The lowest BCUT2D eigenvalue weighted by Gasteiger charge is -2.54. The summed E-state index contributed by atoms with van der Waals surface area (Å²) in [6, 6.07) is 4.51. The Morgan fingerprint density at radius 2 is 1.96 bits per heavy atom. The number of rotatable bonds is 6. The molecule has 7 heteroatoms. The van der Waals surface area contributed by atoms with Gasteiger partial charge < -0.3 is 9.88 Å². The van der Waals surface area contributed by atoms with E-state index in [2.05, 4.69) is 38.5 Å². The van der Waals surface area contributed by atoms with Gasteiger partial charge in [-0.1, -0.05) is 17.8 Å². The van der Waals surface area contributed by atoms with Crippen LogP contribution in [-0.4, -0.2) is 32.5 Å². The number of nitrogens with zero attached hydrogens (tertiary/aromatic N) is 3. The molecular formula is C20H26N4OS2. The van der Waals surface area contributed by atoms with E-state index in [9.17, 15) is 4.79 Å². The molecule has 2 aromatic rings. The molecule has 27 heavy (non-hydrogen) atoms. The average Bonchev–Trinajstić information content (AvgIpc) is 3.31. The van der Waals surface area contributed by atoms with Crippen LogP contribution in [-0.2, 0) is 11.3 Å². The highest BCUT2D eigenvalue weighted by atomic mass is 32.2. The molecule has 1 amide bonds. The van der Waals surface area contributed by atoms with E-state index < -0.39 is 0 Å². The van der Waals surface area contributed by atoms with Crippen LogP contribution in [0.4, 0.5) is 0 Å². The minimum absolute atomic E-state index is 0.154. The maximum absolute atomic E-state index is 12.7. The molecule has 0 atom stereocenters. The number of hydrogen-bond donors (Lipinski definition) is 1. The number of carbonyl (C=O) groups is 1. The first-order valence-corrected chi connectivity index (χ1v) is 12.0. The monoisotopic (exact) mass is 402 g/mol. The van der Waals surface area contributed by atoms with Crippen LogP contribution in [0.5, 0.6) is 0 Å². The summed E-state index contributed by atoms with van der Waals surface area (Å²) in [6.45, 7) is 2.90. The van der Waals surface area contributed by atoms with Crippen molar-refractivity contribution in [2.45, 2.75) is 56.8 Å². The molecule has 0 spiro atoms. The zero-order valence-corrected chi connectivity index (χ0v) is 17.3. The molecule has 5 nitrogen and oxygen atoms in total. The Morgan fingerprint density at radius 3 is 2.59 bits per heavy atom. The van der Waals surface area contributed by atoms with Gasteiger partial charge in [-0.15, -0.1) is 21.5 Å².